The minimum absolute atomic E-state index is 0.143. The molecule has 5 aromatic rings. The fraction of sp³-hybridized carbons (Fsp3) is 0.0625. The fourth-order valence-electron chi connectivity index (χ4n) is 3.94. The first-order valence-corrected chi connectivity index (χ1v) is 15.6. The second-order valence-electron chi connectivity index (χ2n) is 9.56. The van der Waals surface area contributed by atoms with Crippen molar-refractivity contribution in [2.45, 2.75) is 6.92 Å². The molecule has 2 amide bonds. The number of benzene rings is 4. The minimum atomic E-state index is -0.411. The highest BCUT2D eigenvalue weighted by Gasteiger charge is 2.13. The average Bonchev–Trinajstić information content (AvgIpc) is 3.48. The quantitative estimate of drug-likeness (QED) is 0.0996. The van der Waals surface area contributed by atoms with E-state index < -0.39 is 11.8 Å². The second kappa shape index (κ2) is 14.8. The number of thiazole rings is 1. The third kappa shape index (κ3) is 8.75. The lowest BCUT2D eigenvalue weighted by Crippen LogP contribution is -2.20. The minimum Gasteiger partial charge on any atom is -0.481 e. The Morgan fingerprint density at radius 1 is 0.889 bits per heavy atom. The van der Waals surface area contributed by atoms with E-state index >= 15 is 0 Å². The van der Waals surface area contributed by atoms with Crippen molar-refractivity contribution in [3.8, 4) is 17.0 Å². The van der Waals surface area contributed by atoms with Crippen LogP contribution in [0.25, 0.3) is 11.3 Å². The SMILES string of the molecule is Cc1ccc(NC(=O)COc2c(Cl)cc(/C=N\NC(=O)c3ccc(-c4csc(Nc5ccc(Cl)cc5)n4)cc3)cc2Cl)cc1Cl. The molecule has 0 bridgehead atoms. The van der Waals surface area contributed by atoms with Crippen LogP contribution in [0.5, 0.6) is 5.75 Å². The smallest absolute Gasteiger partial charge is 0.271 e. The zero-order valence-corrected chi connectivity index (χ0v) is 27.2. The summed E-state index contributed by atoms with van der Waals surface area (Å²) in [7, 11) is 0. The molecule has 1 heterocycles. The van der Waals surface area contributed by atoms with Crippen molar-refractivity contribution in [2.24, 2.45) is 5.10 Å². The normalized spacial score (nSPS) is 11.0. The molecule has 0 saturated heterocycles. The van der Waals surface area contributed by atoms with Crippen molar-refractivity contribution in [3.05, 3.63) is 121 Å². The van der Waals surface area contributed by atoms with Gasteiger partial charge in [-0.3, -0.25) is 9.59 Å². The molecule has 0 fully saturated rings. The molecule has 0 spiro atoms. The lowest BCUT2D eigenvalue weighted by molar-refractivity contribution is -0.118. The van der Waals surface area contributed by atoms with Gasteiger partial charge in [0.15, 0.2) is 17.5 Å². The summed E-state index contributed by atoms with van der Waals surface area (Å²) in [6.07, 6.45) is 1.39. The first-order chi connectivity index (χ1) is 21.6. The standard InChI is InChI=1S/C32H23Cl4N5O3S/c1-18-2-9-24(14-25(18)34)38-29(42)16-44-30-26(35)12-19(13-27(30)36)15-37-41-31(43)21-5-3-20(4-6-21)28-17-45-32(40-28)39-23-10-7-22(33)8-11-23/h2-15,17H,16H2,1H3,(H,38,42)(H,39,40)(H,41,43)/b37-15-. The molecule has 45 heavy (non-hydrogen) atoms. The predicted octanol–water partition coefficient (Wildman–Crippen LogP) is 9.26. The van der Waals surface area contributed by atoms with E-state index in [0.29, 0.717) is 26.9 Å². The molecule has 4 aromatic carbocycles. The Hall–Kier alpha value is -4.12. The van der Waals surface area contributed by atoms with Crippen LogP contribution in [0.3, 0.4) is 0 Å². The van der Waals surface area contributed by atoms with Crippen LogP contribution in [0.15, 0.2) is 89.3 Å². The summed E-state index contributed by atoms with van der Waals surface area (Å²) >= 11 is 26.2. The summed E-state index contributed by atoms with van der Waals surface area (Å²) < 4.78 is 5.55. The molecule has 5 rings (SSSR count). The van der Waals surface area contributed by atoms with Crippen LogP contribution < -0.4 is 20.8 Å². The summed E-state index contributed by atoms with van der Waals surface area (Å²) in [4.78, 5) is 29.6. The predicted molar refractivity (Wildman–Crippen MR) is 184 cm³/mol. The Morgan fingerprint density at radius 3 is 2.27 bits per heavy atom. The van der Waals surface area contributed by atoms with E-state index in [0.717, 1.165) is 27.6 Å². The molecule has 1 aromatic heterocycles. The summed E-state index contributed by atoms with van der Waals surface area (Å²) in [5, 5.41) is 14.2. The number of hydrogen-bond donors (Lipinski definition) is 3. The largest absolute Gasteiger partial charge is 0.481 e. The second-order valence-corrected chi connectivity index (χ2v) is 12.1. The first kappa shape index (κ1) is 32.3. The number of anilines is 3. The van der Waals surface area contributed by atoms with Crippen LogP contribution in [0.2, 0.25) is 20.1 Å². The van der Waals surface area contributed by atoms with Crippen molar-refractivity contribution in [1.29, 1.82) is 0 Å². The van der Waals surface area contributed by atoms with Gasteiger partial charge in [-0.2, -0.15) is 5.10 Å². The fourth-order valence-corrected chi connectivity index (χ4v) is 5.60. The van der Waals surface area contributed by atoms with Crippen LogP contribution >= 0.6 is 57.7 Å². The number of nitrogens with zero attached hydrogens (tertiary/aromatic N) is 2. The monoisotopic (exact) mass is 697 g/mol. The van der Waals surface area contributed by atoms with Crippen molar-refractivity contribution >= 4 is 92.3 Å². The Bertz CT molecular complexity index is 1860. The molecule has 8 nitrogen and oxygen atoms in total. The molecule has 228 valence electrons. The van der Waals surface area contributed by atoms with Gasteiger partial charge < -0.3 is 15.4 Å². The lowest BCUT2D eigenvalue weighted by atomic mass is 10.1. The molecule has 0 atom stereocenters. The van der Waals surface area contributed by atoms with Gasteiger partial charge in [-0.05, 0) is 78.7 Å². The maximum atomic E-state index is 12.6. The van der Waals surface area contributed by atoms with Gasteiger partial charge in [0, 0.05) is 37.9 Å². The summed E-state index contributed by atoms with van der Waals surface area (Å²) in [6.45, 7) is 1.54. The van der Waals surface area contributed by atoms with Gasteiger partial charge in [0.25, 0.3) is 11.8 Å². The van der Waals surface area contributed by atoms with Gasteiger partial charge in [0.1, 0.15) is 0 Å². The number of carbonyl (C=O) groups excluding carboxylic acids is 2. The molecule has 0 unspecified atom stereocenters. The number of amides is 2. The van der Waals surface area contributed by atoms with E-state index in [-0.39, 0.29) is 22.4 Å². The highest BCUT2D eigenvalue weighted by molar-refractivity contribution is 7.14. The van der Waals surface area contributed by atoms with Crippen molar-refractivity contribution in [1.82, 2.24) is 10.4 Å². The number of halogens is 4. The number of aromatic nitrogens is 1. The molecule has 0 aliphatic rings. The maximum absolute atomic E-state index is 12.6. The highest BCUT2D eigenvalue weighted by Crippen LogP contribution is 2.34. The molecule has 0 saturated carbocycles. The topological polar surface area (TPSA) is 105 Å². The van der Waals surface area contributed by atoms with Crippen LogP contribution in [0.4, 0.5) is 16.5 Å². The van der Waals surface area contributed by atoms with Gasteiger partial charge in [0.2, 0.25) is 0 Å². The van der Waals surface area contributed by atoms with E-state index in [1.165, 1.54) is 17.6 Å². The van der Waals surface area contributed by atoms with Crippen LogP contribution in [0, 0.1) is 6.92 Å². The summed E-state index contributed by atoms with van der Waals surface area (Å²) in [5.41, 5.74) is 7.36. The zero-order chi connectivity index (χ0) is 31.9. The van der Waals surface area contributed by atoms with Gasteiger partial charge in [0.05, 0.1) is 22.0 Å². The van der Waals surface area contributed by atoms with Crippen molar-refractivity contribution in [3.63, 3.8) is 0 Å². The molecular weight excluding hydrogens is 676 g/mol. The van der Waals surface area contributed by atoms with E-state index in [1.54, 1.807) is 54.6 Å². The summed E-state index contributed by atoms with van der Waals surface area (Å²) in [6, 6.07) is 22.7. The van der Waals surface area contributed by atoms with Crippen LogP contribution in [-0.4, -0.2) is 29.6 Å². The molecule has 0 radical (unpaired) electrons. The van der Waals surface area contributed by atoms with Gasteiger partial charge >= 0.3 is 0 Å². The maximum Gasteiger partial charge on any atom is 0.271 e. The average molecular weight is 699 g/mol. The molecule has 3 N–H and O–H groups in total. The molecule has 13 heteroatoms. The number of carbonyl (C=O) groups is 2. The zero-order valence-electron chi connectivity index (χ0n) is 23.4. The Labute approximate surface area is 283 Å². The number of aryl methyl sites for hydroxylation is 1. The van der Waals surface area contributed by atoms with Crippen molar-refractivity contribution in [2.75, 3.05) is 17.2 Å². The summed E-state index contributed by atoms with van der Waals surface area (Å²) in [5.74, 6) is -0.671. The number of ether oxygens (including phenoxy) is 1. The van der Waals surface area contributed by atoms with E-state index in [1.807, 2.05) is 36.6 Å². The van der Waals surface area contributed by atoms with Gasteiger partial charge in [-0.25, -0.2) is 10.4 Å². The van der Waals surface area contributed by atoms with Crippen LogP contribution in [0.1, 0.15) is 21.5 Å². The van der Waals surface area contributed by atoms with Crippen LogP contribution in [-0.2, 0) is 4.79 Å². The molecular formula is C32H23Cl4N5O3S. The number of nitrogens with one attached hydrogen (secondary N) is 3. The number of hydrogen-bond acceptors (Lipinski definition) is 7. The first-order valence-electron chi connectivity index (χ1n) is 13.2. The van der Waals surface area contributed by atoms with E-state index in [2.05, 4.69) is 26.1 Å². The van der Waals surface area contributed by atoms with Gasteiger partial charge in [-0.15, -0.1) is 11.3 Å². The third-order valence-electron chi connectivity index (χ3n) is 6.25. The number of rotatable bonds is 10. The number of hydrazone groups is 1. The molecule has 0 aliphatic carbocycles. The Balaban J connectivity index is 1.13. The van der Waals surface area contributed by atoms with E-state index in [4.69, 9.17) is 51.1 Å². The van der Waals surface area contributed by atoms with E-state index in [9.17, 15) is 9.59 Å². The van der Waals surface area contributed by atoms with Crippen molar-refractivity contribution < 1.29 is 14.3 Å². The molecule has 0 aliphatic heterocycles. The third-order valence-corrected chi connectivity index (χ3v) is 8.22. The Morgan fingerprint density at radius 2 is 1.58 bits per heavy atom. The lowest BCUT2D eigenvalue weighted by Gasteiger charge is -2.11. The Kier molecular flexibility index (Phi) is 10.6. The van der Waals surface area contributed by atoms with Gasteiger partial charge in [-0.1, -0.05) is 64.6 Å². The highest BCUT2D eigenvalue weighted by atomic mass is 35.5.